The van der Waals surface area contributed by atoms with Crippen LogP contribution in [0, 0.1) is 0 Å². The Morgan fingerprint density at radius 2 is 1.93 bits per heavy atom. The lowest BCUT2D eigenvalue weighted by atomic mass is 10.0. The van der Waals surface area contributed by atoms with Gasteiger partial charge in [0.2, 0.25) is 5.91 Å². The molecule has 2 fully saturated rings. The van der Waals surface area contributed by atoms with Crippen molar-refractivity contribution in [3.05, 3.63) is 0 Å². The molecule has 0 aromatic rings. The smallest absolute Gasteiger partial charge is 0.236 e. The normalized spacial score (nSPS) is 26.3. The molecule has 4 heteroatoms. The van der Waals surface area contributed by atoms with Crippen LogP contribution in [-0.4, -0.2) is 49.6 Å². The predicted octanol–water partition coefficient (Wildman–Crippen LogP) is -0.440. The van der Waals surface area contributed by atoms with Gasteiger partial charge in [-0.25, -0.2) is 0 Å². The number of nitrogens with zero attached hydrogens (tertiary/aromatic N) is 1. The molecule has 2 N–H and O–H groups in total. The summed E-state index contributed by atoms with van der Waals surface area (Å²) in [6.07, 6.45) is 3.33. The van der Waals surface area contributed by atoms with E-state index in [4.69, 9.17) is 0 Å². The Labute approximate surface area is 85.0 Å². The third kappa shape index (κ3) is 2.25. The highest BCUT2D eigenvalue weighted by atomic mass is 16.2. The summed E-state index contributed by atoms with van der Waals surface area (Å²) >= 11 is 0. The first-order valence-electron chi connectivity index (χ1n) is 5.59. The van der Waals surface area contributed by atoms with Crippen LogP contribution in [0.15, 0.2) is 0 Å². The van der Waals surface area contributed by atoms with Gasteiger partial charge in [0.15, 0.2) is 0 Å². The molecule has 2 heterocycles. The number of carbonyl (C=O) groups excluding carboxylic acids is 1. The minimum Gasteiger partial charge on any atom is -0.338 e. The van der Waals surface area contributed by atoms with E-state index >= 15 is 0 Å². The van der Waals surface area contributed by atoms with Crippen LogP contribution >= 0.6 is 0 Å². The number of piperidine rings is 1. The number of rotatable bonds is 1. The van der Waals surface area contributed by atoms with Crippen molar-refractivity contribution in [3.63, 3.8) is 0 Å². The monoisotopic (exact) mass is 197 g/mol. The molecule has 2 aliphatic heterocycles. The molecule has 0 unspecified atom stereocenters. The van der Waals surface area contributed by atoms with E-state index in [2.05, 4.69) is 15.5 Å². The summed E-state index contributed by atoms with van der Waals surface area (Å²) in [7, 11) is 0. The van der Waals surface area contributed by atoms with Gasteiger partial charge in [0.1, 0.15) is 0 Å². The van der Waals surface area contributed by atoms with Gasteiger partial charge in [-0.05, 0) is 38.9 Å². The van der Waals surface area contributed by atoms with Crippen molar-refractivity contribution in [2.24, 2.45) is 0 Å². The molecule has 4 nitrogen and oxygen atoms in total. The number of nitrogens with one attached hydrogen (secondary N) is 2. The van der Waals surface area contributed by atoms with E-state index in [9.17, 15) is 4.79 Å². The molecule has 2 saturated heterocycles. The standard InChI is InChI=1S/C10H19N3O/c14-10-8-12-4-1-7-13(10)9-2-5-11-6-3-9/h9,11-12H,1-8H2. The Balaban J connectivity index is 1.95. The van der Waals surface area contributed by atoms with Crippen molar-refractivity contribution in [3.8, 4) is 0 Å². The quantitative estimate of drug-likeness (QED) is 0.599. The Kier molecular flexibility index (Phi) is 3.37. The maximum atomic E-state index is 11.8. The maximum Gasteiger partial charge on any atom is 0.236 e. The summed E-state index contributed by atoms with van der Waals surface area (Å²) in [5, 5.41) is 6.49. The molecule has 0 aromatic carbocycles. The van der Waals surface area contributed by atoms with Crippen LogP contribution in [-0.2, 0) is 4.79 Å². The van der Waals surface area contributed by atoms with Gasteiger partial charge in [-0.15, -0.1) is 0 Å². The van der Waals surface area contributed by atoms with Gasteiger partial charge in [0.05, 0.1) is 6.54 Å². The third-order valence-corrected chi connectivity index (χ3v) is 3.10. The summed E-state index contributed by atoms with van der Waals surface area (Å²) in [4.78, 5) is 13.8. The van der Waals surface area contributed by atoms with Gasteiger partial charge in [0.25, 0.3) is 0 Å². The molecule has 0 radical (unpaired) electrons. The minimum absolute atomic E-state index is 0.286. The summed E-state index contributed by atoms with van der Waals surface area (Å²) < 4.78 is 0. The van der Waals surface area contributed by atoms with Gasteiger partial charge in [-0.3, -0.25) is 4.79 Å². The average molecular weight is 197 g/mol. The van der Waals surface area contributed by atoms with E-state index in [0.717, 1.165) is 45.4 Å². The van der Waals surface area contributed by atoms with Gasteiger partial charge in [-0.2, -0.15) is 0 Å². The first-order chi connectivity index (χ1) is 6.88. The van der Waals surface area contributed by atoms with Crippen LogP contribution in [0.25, 0.3) is 0 Å². The van der Waals surface area contributed by atoms with Gasteiger partial charge in [0, 0.05) is 12.6 Å². The molecule has 2 aliphatic rings. The Hall–Kier alpha value is -0.610. The number of amides is 1. The summed E-state index contributed by atoms with van der Waals surface area (Å²) in [5.41, 5.74) is 0. The van der Waals surface area contributed by atoms with Gasteiger partial charge >= 0.3 is 0 Å². The van der Waals surface area contributed by atoms with Crippen LogP contribution in [0.5, 0.6) is 0 Å². The molecule has 2 rings (SSSR count). The van der Waals surface area contributed by atoms with E-state index < -0.39 is 0 Å². The second-order valence-corrected chi connectivity index (χ2v) is 4.10. The lowest BCUT2D eigenvalue weighted by Crippen LogP contribution is -2.47. The van der Waals surface area contributed by atoms with Crippen LogP contribution in [0.2, 0.25) is 0 Å². The summed E-state index contributed by atoms with van der Waals surface area (Å²) in [5.74, 6) is 0.286. The zero-order valence-corrected chi connectivity index (χ0v) is 8.59. The second kappa shape index (κ2) is 4.75. The Bertz CT molecular complexity index is 202. The molecule has 1 amide bonds. The molecular weight excluding hydrogens is 178 g/mol. The maximum absolute atomic E-state index is 11.8. The highest BCUT2D eigenvalue weighted by Crippen LogP contribution is 2.13. The van der Waals surface area contributed by atoms with Gasteiger partial charge in [-0.1, -0.05) is 0 Å². The number of hydrogen-bond acceptors (Lipinski definition) is 3. The fourth-order valence-electron chi connectivity index (χ4n) is 2.30. The third-order valence-electron chi connectivity index (χ3n) is 3.10. The molecule has 0 atom stereocenters. The van der Waals surface area contributed by atoms with E-state index in [1.807, 2.05) is 0 Å². The zero-order chi connectivity index (χ0) is 9.80. The SMILES string of the molecule is O=C1CNCCCN1C1CCNCC1. The van der Waals surface area contributed by atoms with E-state index in [1.165, 1.54) is 0 Å². The fraction of sp³-hybridized carbons (Fsp3) is 0.900. The molecule has 0 saturated carbocycles. The van der Waals surface area contributed by atoms with E-state index in [0.29, 0.717) is 12.6 Å². The fourth-order valence-corrected chi connectivity index (χ4v) is 2.30. The number of hydrogen-bond donors (Lipinski definition) is 2. The predicted molar refractivity (Wildman–Crippen MR) is 55.1 cm³/mol. The van der Waals surface area contributed by atoms with Crippen LogP contribution in [0.4, 0.5) is 0 Å². The lowest BCUT2D eigenvalue weighted by Gasteiger charge is -2.33. The minimum atomic E-state index is 0.286. The summed E-state index contributed by atoms with van der Waals surface area (Å²) in [6, 6.07) is 0.489. The van der Waals surface area contributed by atoms with Crippen molar-refractivity contribution < 1.29 is 4.79 Å². The summed E-state index contributed by atoms with van der Waals surface area (Å²) in [6.45, 7) is 4.57. The molecule has 0 aromatic heterocycles. The largest absolute Gasteiger partial charge is 0.338 e. The van der Waals surface area contributed by atoms with Gasteiger partial charge < -0.3 is 15.5 Å². The average Bonchev–Trinajstić information content (AvgIpc) is 2.44. The van der Waals surface area contributed by atoms with E-state index in [1.54, 1.807) is 0 Å². The van der Waals surface area contributed by atoms with Crippen molar-refractivity contribution in [2.75, 3.05) is 32.7 Å². The van der Waals surface area contributed by atoms with E-state index in [-0.39, 0.29) is 5.91 Å². The second-order valence-electron chi connectivity index (χ2n) is 4.10. The van der Waals surface area contributed by atoms with Crippen LogP contribution < -0.4 is 10.6 Å². The van der Waals surface area contributed by atoms with Crippen molar-refractivity contribution in [1.29, 1.82) is 0 Å². The molecule has 0 bridgehead atoms. The highest BCUT2D eigenvalue weighted by molar-refractivity contribution is 5.78. The molecule has 0 aliphatic carbocycles. The van der Waals surface area contributed by atoms with Crippen LogP contribution in [0.1, 0.15) is 19.3 Å². The topological polar surface area (TPSA) is 44.4 Å². The van der Waals surface area contributed by atoms with Crippen molar-refractivity contribution in [1.82, 2.24) is 15.5 Å². The highest BCUT2D eigenvalue weighted by Gasteiger charge is 2.25. The molecule has 80 valence electrons. The Morgan fingerprint density at radius 1 is 1.14 bits per heavy atom. The zero-order valence-electron chi connectivity index (χ0n) is 8.59. The van der Waals surface area contributed by atoms with Crippen LogP contribution in [0.3, 0.4) is 0 Å². The van der Waals surface area contributed by atoms with Crippen molar-refractivity contribution in [2.45, 2.75) is 25.3 Å². The van der Waals surface area contributed by atoms with Crippen molar-refractivity contribution >= 4 is 5.91 Å². The Morgan fingerprint density at radius 3 is 2.71 bits per heavy atom. The number of carbonyl (C=O) groups is 1. The first-order valence-corrected chi connectivity index (χ1v) is 5.59. The molecular formula is C10H19N3O. The molecule has 14 heavy (non-hydrogen) atoms. The first kappa shape index (κ1) is 9.93. The molecule has 0 spiro atoms. The lowest BCUT2D eigenvalue weighted by molar-refractivity contribution is -0.132.